The summed E-state index contributed by atoms with van der Waals surface area (Å²) in [6.45, 7) is 4.85. The monoisotopic (exact) mass is 220 g/mol. The molecule has 0 saturated carbocycles. The van der Waals surface area contributed by atoms with Gasteiger partial charge in [-0.05, 0) is 26.0 Å². The van der Waals surface area contributed by atoms with Crippen molar-refractivity contribution in [3.8, 4) is 11.3 Å². The average Bonchev–Trinajstić information content (AvgIpc) is 2.68. The van der Waals surface area contributed by atoms with Crippen LogP contribution in [0.25, 0.3) is 11.3 Å². The van der Waals surface area contributed by atoms with E-state index in [0.717, 1.165) is 29.3 Å². The topological polar surface area (TPSA) is 50.7 Å². The summed E-state index contributed by atoms with van der Waals surface area (Å²) in [5.41, 5.74) is 2.89. The van der Waals surface area contributed by atoms with Gasteiger partial charge in [-0.2, -0.15) is 8.75 Å². The largest absolute Gasteiger partial charge is 0.368 e. The van der Waals surface area contributed by atoms with Crippen LogP contribution in [0.2, 0.25) is 0 Å². The summed E-state index contributed by atoms with van der Waals surface area (Å²) in [6.07, 6.45) is 1.83. The second-order valence-electron chi connectivity index (χ2n) is 3.18. The molecule has 2 aromatic rings. The standard InChI is InChI=1S/C10H12N4S/c1-3-11-10-9(13-15-14-10)8-5-4-7(2)12-6-8/h4-6H,3H2,1-2H3,(H,11,14). The highest BCUT2D eigenvalue weighted by Gasteiger charge is 2.09. The van der Waals surface area contributed by atoms with Crippen molar-refractivity contribution < 1.29 is 0 Å². The number of nitrogens with zero attached hydrogens (tertiary/aromatic N) is 3. The molecule has 4 nitrogen and oxygen atoms in total. The molecule has 1 N–H and O–H groups in total. The van der Waals surface area contributed by atoms with Gasteiger partial charge in [-0.3, -0.25) is 4.98 Å². The lowest BCUT2D eigenvalue weighted by molar-refractivity contribution is 1.18. The molecule has 2 aromatic heterocycles. The molecule has 0 spiro atoms. The quantitative estimate of drug-likeness (QED) is 0.862. The smallest absolute Gasteiger partial charge is 0.168 e. The second-order valence-corrected chi connectivity index (χ2v) is 3.71. The van der Waals surface area contributed by atoms with Gasteiger partial charge in [-0.15, -0.1) is 0 Å². The summed E-state index contributed by atoms with van der Waals surface area (Å²) in [5.74, 6) is 0.841. The Balaban J connectivity index is 2.36. The van der Waals surface area contributed by atoms with Gasteiger partial charge in [0.25, 0.3) is 0 Å². The molecular formula is C10H12N4S. The lowest BCUT2D eigenvalue weighted by Crippen LogP contribution is -1.98. The van der Waals surface area contributed by atoms with Crippen molar-refractivity contribution in [2.75, 3.05) is 11.9 Å². The Labute approximate surface area is 92.7 Å². The van der Waals surface area contributed by atoms with Gasteiger partial charge in [0.2, 0.25) is 0 Å². The zero-order valence-electron chi connectivity index (χ0n) is 8.69. The van der Waals surface area contributed by atoms with Crippen LogP contribution in [0.3, 0.4) is 0 Å². The van der Waals surface area contributed by atoms with Crippen LogP contribution in [-0.4, -0.2) is 20.3 Å². The van der Waals surface area contributed by atoms with E-state index >= 15 is 0 Å². The van der Waals surface area contributed by atoms with Crippen LogP contribution in [-0.2, 0) is 0 Å². The van der Waals surface area contributed by atoms with Crippen LogP contribution >= 0.6 is 11.7 Å². The van der Waals surface area contributed by atoms with Crippen molar-refractivity contribution in [2.24, 2.45) is 0 Å². The molecule has 0 aliphatic heterocycles. The van der Waals surface area contributed by atoms with E-state index in [1.807, 2.05) is 32.2 Å². The Morgan fingerprint density at radius 3 is 2.87 bits per heavy atom. The fourth-order valence-corrected chi connectivity index (χ4v) is 1.82. The van der Waals surface area contributed by atoms with Gasteiger partial charge in [-0.25, -0.2) is 0 Å². The summed E-state index contributed by atoms with van der Waals surface area (Å²) in [5, 5.41) is 3.18. The lowest BCUT2D eigenvalue weighted by Gasteiger charge is -2.01. The van der Waals surface area contributed by atoms with E-state index in [-0.39, 0.29) is 0 Å². The Hall–Kier alpha value is -1.49. The highest BCUT2D eigenvalue weighted by molar-refractivity contribution is 6.99. The maximum atomic E-state index is 4.26. The zero-order valence-corrected chi connectivity index (χ0v) is 9.51. The average molecular weight is 220 g/mol. The van der Waals surface area contributed by atoms with Crippen LogP contribution in [0.4, 0.5) is 5.82 Å². The molecule has 2 rings (SSSR count). The molecule has 0 fully saturated rings. The first-order valence-electron chi connectivity index (χ1n) is 4.80. The lowest BCUT2D eigenvalue weighted by atomic mass is 10.2. The van der Waals surface area contributed by atoms with Crippen molar-refractivity contribution in [1.29, 1.82) is 0 Å². The molecule has 0 unspecified atom stereocenters. The Kier molecular flexibility index (Phi) is 2.91. The number of rotatable bonds is 3. The van der Waals surface area contributed by atoms with E-state index in [2.05, 4.69) is 19.0 Å². The van der Waals surface area contributed by atoms with Gasteiger partial charge in [0.15, 0.2) is 5.82 Å². The second kappa shape index (κ2) is 4.35. The van der Waals surface area contributed by atoms with Crippen molar-refractivity contribution in [3.05, 3.63) is 24.0 Å². The first-order chi connectivity index (χ1) is 7.31. The van der Waals surface area contributed by atoms with E-state index in [4.69, 9.17) is 0 Å². The molecule has 0 saturated heterocycles. The highest BCUT2D eigenvalue weighted by Crippen LogP contribution is 2.24. The summed E-state index contributed by atoms with van der Waals surface area (Å²) in [7, 11) is 0. The van der Waals surface area contributed by atoms with Crippen LogP contribution in [0.5, 0.6) is 0 Å². The van der Waals surface area contributed by atoms with Gasteiger partial charge in [0, 0.05) is 24.0 Å². The number of pyridine rings is 1. The van der Waals surface area contributed by atoms with Crippen molar-refractivity contribution in [3.63, 3.8) is 0 Å². The van der Waals surface area contributed by atoms with Crippen molar-refractivity contribution in [1.82, 2.24) is 13.7 Å². The van der Waals surface area contributed by atoms with E-state index in [0.29, 0.717) is 0 Å². The molecular weight excluding hydrogens is 208 g/mol. The highest BCUT2D eigenvalue weighted by atomic mass is 32.1. The molecule has 0 atom stereocenters. The number of aryl methyl sites for hydroxylation is 1. The van der Waals surface area contributed by atoms with Crippen molar-refractivity contribution >= 4 is 17.5 Å². The van der Waals surface area contributed by atoms with E-state index in [1.165, 1.54) is 11.7 Å². The van der Waals surface area contributed by atoms with E-state index in [1.54, 1.807) is 0 Å². The van der Waals surface area contributed by atoms with Crippen molar-refractivity contribution in [2.45, 2.75) is 13.8 Å². The molecule has 0 aliphatic rings. The number of anilines is 1. The van der Waals surface area contributed by atoms with Gasteiger partial charge in [-0.1, -0.05) is 0 Å². The van der Waals surface area contributed by atoms with E-state index < -0.39 is 0 Å². The third kappa shape index (κ3) is 2.12. The third-order valence-corrected chi connectivity index (χ3v) is 2.55. The number of hydrogen-bond donors (Lipinski definition) is 1. The number of hydrogen-bond acceptors (Lipinski definition) is 5. The maximum Gasteiger partial charge on any atom is 0.168 e. The predicted molar refractivity (Wildman–Crippen MR) is 62.0 cm³/mol. The molecule has 78 valence electrons. The minimum absolute atomic E-state index is 0.841. The Morgan fingerprint density at radius 2 is 2.20 bits per heavy atom. The maximum absolute atomic E-state index is 4.26. The minimum atomic E-state index is 0.841. The van der Waals surface area contributed by atoms with Crippen LogP contribution in [0, 0.1) is 6.92 Å². The van der Waals surface area contributed by atoms with Gasteiger partial charge >= 0.3 is 0 Å². The summed E-state index contributed by atoms with van der Waals surface area (Å²) in [4.78, 5) is 4.25. The van der Waals surface area contributed by atoms with Crippen LogP contribution in [0.15, 0.2) is 18.3 Å². The molecule has 15 heavy (non-hydrogen) atoms. The van der Waals surface area contributed by atoms with Gasteiger partial charge < -0.3 is 5.32 Å². The SMILES string of the molecule is CCNc1nsnc1-c1ccc(C)nc1. The summed E-state index contributed by atoms with van der Waals surface area (Å²) in [6, 6.07) is 3.99. The summed E-state index contributed by atoms with van der Waals surface area (Å²) < 4.78 is 8.46. The first kappa shape index (κ1) is 10.0. The van der Waals surface area contributed by atoms with Gasteiger partial charge in [0.1, 0.15) is 5.69 Å². The fraction of sp³-hybridized carbons (Fsp3) is 0.300. The van der Waals surface area contributed by atoms with Gasteiger partial charge in [0.05, 0.1) is 11.7 Å². The third-order valence-electron chi connectivity index (χ3n) is 2.02. The molecule has 0 aliphatic carbocycles. The number of aromatic nitrogens is 3. The Bertz CT molecular complexity index is 435. The predicted octanol–water partition coefficient (Wildman–Crippen LogP) is 2.34. The summed E-state index contributed by atoms with van der Waals surface area (Å²) >= 11 is 1.21. The fourth-order valence-electron chi connectivity index (χ4n) is 1.27. The minimum Gasteiger partial charge on any atom is -0.368 e. The molecule has 0 bridgehead atoms. The molecule has 5 heteroatoms. The van der Waals surface area contributed by atoms with Crippen LogP contribution in [0.1, 0.15) is 12.6 Å². The molecule has 0 radical (unpaired) electrons. The number of nitrogens with one attached hydrogen (secondary N) is 1. The first-order valence-corrected chi connectivity index (χ1v) is 5.53. The molecule has 0 aromatic carbocycles. The Morgan fingerprint density at radius 1 is 1.33 bits per heavy atom. The van der Waals surface area contributed by atoms with E-state index in [9.17, 15) is 0 Å². The molecule has 2 heterocycles. The zero-order chi connectivity index (χ0) is 10.7. The molecule has 0 amide bonds. The normalized spacial score (nSPS) is 10.3. The van der Waals surface area contributed by atoms with Crippen LogP contribution < -0.4 is 5.32 Å².